The lowest BCUT2D eigenvalue weighted by molar-refractivity contribution is 0.0649. The summed E-state index contributed by atoms with van der Waals surface area (Å²) in [6, 6.07) is 8.73. The smallest absolute Gasteiger partial charge is 0.270 e. The number of carbonyl (C=O) groups excluding carboxylic acids is 1. The molecule has 0 aliphatic carbocycles. The van der Waals surface area contributed by atoms with Crippen LogP contribution in [0.1, 0.15) is 29.9 Å². The van der Waals surface area contributed by atoms with Crippen molar-refractivity contribution in [2.45, 2.75) is 38.3 Å². The van der Waals surface area contributed by atoms with E-state index in [2.05, 4.69) is 4.72 Å². The molecule has 0 unspecified atom stereocenters. The summed E-state index contributed by atoms with van der Waals surface area (Å²) in [5.74, 6) is -0.131. The number of nitrogens with one attached hydrogen (secondary N) is 1. The topological polar surface area (TPSA) is 71.4 Å². The molecular formula is C17H21N3O3S. The predicted octanol–water partition coefficient (Wildman–Crippen LogP) is 2.46. The van der Waals surface area contributed by atoms with Crippen LogP contribution in [0.2, 0.25) is 0 Å². The van der Waals surface area contributed by atoms with E-state index < -0.39 is 10.0 Å². The molecule has 0 saturated carbocycles. The van der Waals surface area contributed by atoms with Crippen molar-refractivity contribution in [3.63, 3.8) is 0 Å². The summed E-state index contributed by atoms with van der Waals surface area (Å²) in [6.07, 6.45) is 1.53. The summed E-state index contributed by atoms with van der Waals surface area (Å²) in [6.45, 7) is 6.93. The van der Waals surface area contributed by atoms with Gasteiger partial charge < -0.3 is 9.47 Å². The summed E-state index contributed by atoms with van der Waals surface area (Å²) in [4.78, 5) is 14.4. The van der Waals surface area contributed by atoms with Gasteiger partial charge in [0.05, 0.1) is 5.69 Å². The van der Waals surface area contributed by atoms with E-state index in [0.717, 1.165) is 5.56 Å². The van der Waals surface area contributed by atoms with Gasteiger partial charge in [0.15, 0.2) is 0 Å². The van der Waals surface area contributed by atoms with Crippen LogP contribution in [0.25, 0.3) is 0 Å². The lowest BCUT2D eigenvalue weighted by atomic mass is 10.2. The zero-order chi connectivity index (χ0) is 17.5. The van der Waals surface area contributed by atoms with Crippen molar-refractivity contribution in [2.75, 3.05) is 11.3 Å². The maximum absolute atomic E-state index is 12.6. The number of aryl methyl sites for hydroxylation is 1. The average Bonchev–Trinajstić information content (AvgIpc) is 2.95. The monoisotopic (exact) mass is 347 g/mol. The van der Waals surface area contributed by atoms with Crippen molar-refractivity contribution in [3.8, 4) is 0 Å². The minimum Gasteiger partial charge on any atom is -0.340 e. The lowest BCUT2D eigenvalue weighted by Crippen LogP contribution is -2.43. The summed E-state index contributed by atoms with van der Waals surface area (Å²) in [5, 5.41) is 0. The fourth-order valence-electron chi connectivity index (χ4n) is 2.84. The third kappa shape index (κ3) is 2.91. The molecule has 128 valence electrons. The van der Waals surface area contributed by atoms with Crippen molar-refractivity contribution in [1.29, 1.82) is 0 Å². The second-order valence-corrected chi connectivity index (χ2v) is 7.95. The van der Waals surface area contributed by atoms with Gasteiger partial charge in [-0.2, -0.15) is 0 Å². The van der Waals surface area contributed by atoms with Crippen LogP contribution in [-0.4, -0.2) is 36.4 Å². The van der Waals surface area contributed by atoms with Gasteiger partial charge in [0.1, 0.15) is 10.6 Å². The van der Waals surface area contributed by atoms with E-state index in [1.807, 2.05) is 32.9 Å². The molecule has 0 bridgehead atoms. The largest absolute Gasteiger partial charge is 0.340 e. The van der Waals surface area contributed by atoms with Crippen molar-refractivity contribution in [2.24, 2.45) is 0 Å². The van der Waals surface area contributed by atoms with Crippen LogP contribution in [-0.2, 0) is 16.6 Å². The van der Waals surface area contributed by atoms with Gasteiger partial charge in [-0.1, -0.05) is 18.2 Å². The fraction of sp³-hybridized carbons (Fsp3) is 0.353. The number of anilines is 1. The maximum atomic E-state index is 12.6. The average molecular weight is 347 g/mol. The van der Waals surface area contributed by atoms with Crippen LogP contribution in [0.4, 0.5) is 5.69 Å². The highest BCUT2D eigenvalue weighted by Crippen LogP contribution is 2.24. The molecule has 24 heavy (non-hydrogen) atoms. The van der Waals surface area contributed by atoms with Gasteiger partial charge in [-0.15, -0.1) is 0 Å². The molecule has 6 nitrogen and oxygen atoms in total. The Morgan fingerprint density at radius 3 is 2.54 bits per heavy atom. The molecule has 1 aromatic carbocycles. The lowest BCUT2D eigenvalue weighted by Gasteiger charge is -2.31. The van der Waals surface area contributed by atoms with Gasteiger partial charge >= 0.3 is 0 Å². The Hall–Kier alpha value is -2.28. The van der Waals surface area contributed by atoms with Crippen molar-refractivity contribution >= 4 is 21.6 Å². The Bertz CT molecular complexity index is 884. The Morgan fingerprint density at radius 2 is 1.88 bits per heavy atom. The third-order valence-electron chi connectivity index (χ3n) is 4.26. The van der Waals surface area contributed by atoms with Crippen LogP contribution in [0.15, 0.2) is 41.4 Å². The fourth-order valence-corrected chi connectivity index (χ4v) is 4.01. The minimum atomic E-state index is -3.73. The van der Waals surface area contributed by atoms with Crippen molar-refractivity contribution in [1.82, 2.24) is 9.47 Å². The van der Waals surface area contributed by atoms with E-state index >= 15 is 0 Å². The normalized spacial score (nSPS) is 14.8. The Morgan fingerprint density at radius 1 is 1.17 bits per heavy atom. The van der Waals surface area contributed by atoms with Gasteiger partial charge in [-0.25, -0.2) is 8.42 Å². The van der Waals surface area contributed by atoms with Crippen LogP contribution >= 0.6 is 0 Å². The minimum absolute atomic E-state index is 0.0892. The number of hydrogen-bond donors (Lipinski definition) is 1. The number of rotatable bonds is 4. The van der Waals surface area contributed by atoms with E-state index in [4.69, 9.17) is 0 Å². The van der Waals surface area contributed by atoms with E-state index in [1.54, 1.807) is 21.6 Å². The zero-order valence-electron chi connectivity index (χ0n) is 14.0. The summed E-state index contributed by atoms with van der Waals surface area (Å²) < 4.78 is 29.6. The second-order valence-electron chi connectivity index (χ2n) is 6.27. The molecule has 2 aromatic rings. The number of nitrogens with zero attached hydrogens (tertiary/aromatic N) is 2. The van der Waals surface area contributed by atoms with Crippen LogP contribution in [0, 0.1) is 6.92 Å². The van der Waals surface area contributed by atoms with Crippen LogP contribution < -0.4 is 4.72 Å². The number of sulfonamides is 1. The van der Waals surface area contributed by atoms with E-state index in [-0.39, 0.29) is 16.8 Å². The number of carbonyl (C=O) groups is 1. The third-order valence-corrected chi connectivity index (χ3v) is 5.59. The number of benzene rings is 1. The molecule has 0 atom stereocenters. The maximum Gasteiger partial charge on any atom is 0.270 e. The second kappa shape index (κ2) is 5.98. The molecule has 1 amide bonds. The van der Waals surface area contributed by atoms with Gasteiger partial charge in [0.2, 0.25) is 0 Å². The number of aromatic nitrogens is 1. The van der Waals surface area contributed by atoms with Crippen LogP contribution in [0.5, 0.6) is 0 Å². The molecule has 1 aromatic heterocycles. The van der Waals surface area contributed by atoms with Crippen molar-refractivity contribution in [3.05, 3.63) is 47.8 Å². The predicted molar refractivity (Wildman–Crippen MR) is 92.6 cm³/mol. The summed E-state index contributed by atoms with van der Waals surface area (Å²) >= 11 is 0. The number of amides is 1. The quantitative estimate of drug-likeness (QED) is 0.923. The summed E-state index contributed by atoms with van der Waals surface area (Å²) in [5.41, 5.74) is 1.80. The molecule has 1 aliphatic heterocycles. The molecule has 0 radical (unpaired) electrons. The Balaban J connectivity index is 1.93. The van der Waals surface area contributed by atoms with E-state index in [0.29, 0.717) is 24.5 Å². The first-order valence-electron chi connectivity index (χ1n) is 7.89. The first-order valence-corrected chi connectivity index (χ1v) is 9.37. The number of hydrogen-bond acceptors (Lipinski definition) is 3. The van der Waals surface area contributed by atoms with Gasteiger partial charge in [0, 0.05) is 25.3 Å². The summed E-state index contributed by atoms with van der Waals surface area (Å²) in [7, 11) is -3.73. The molecule has 0 spiro atoms. The zero-order valence-corrected chi connectivity index (χ0v) is 14.8. The first-order chi connectivity index (χ1) is 11.3. The molecule has 7 heteroatoms. The Labute approximate surface area is 142 Å². The SMILES string of the molecule is Cc1ccccc1NS(=O)(=O)c1cc2n(c1)CCN(C(C)C)C2=O. The van der Waals surface area contributed by atoms with Crippen LogP contribution in [0.3, 0.4) is 0 Å². The van der Waals surface area contributed by atoms with Gasteiger partial charge in [-0.3, -0.25) is 9.52 Å². The van der Waals surface area contributed by atoms with E-state index in [9.17, 15) is 13.2 Å². The highest BCUT2D eigenvalue weighted by Gasteiger charge is 2.29. The van der Waals surface area contributed by atoms with Crippen molar-refractivity contribution < 1.29 is 13.2 Å². The number of fused-ring (bicyclic) bond motifs is 1. The number of para-hydroxylation sites is 1. The van der Waals surface area contributed by atoms with Gasteiger partial charge in [-0.05, 0) is 38.5 Å². The first kappa shape index (κ1) is 16.6. The molecular weight excluding hydrogens is 326 g/mol. The molecule has 1 aliphatic rings. The van der Waals surface area contributed by atoms with Gasteiger partial charge in [0.25, 0.3) is 15.9 Å². The highest BCUT2D eigenvalue weighted by atomic mass is 32.2. The highest BCUT2D eigenvalue weighted by molar-refractivity contribution is 7.92. The molecule has 0 saturated heterocycles. The Kier molecular flexibility index (Phi) is 4.13. The standard InChI is InChI=1S/C17H21N3O3S/c1-12(2)20-9-8-19-11-14(10-16(19)17(20)21)24(22,23)18-15-7-5-4-6-13(15)3/h4-7,10-12,18H,8-9H2,1-3H3. The molecule has 1 N–H and O–H groups in total. The molecule has 3 rings (SSSR count). The molecule has 0 fully saturated rings. The molecule has 2 heterocycles. The van der Waals surface area contributed by atoms with E-state index in [1.165, 1.54) is 12.3 Å².